The molecule has 0 N–H and O–H groups in total. The molecule has 3 aliphatic rings. The smallest absolute Gasteiger partial charge is 0.251 e. The summed E-state index contributed by atoms with van der Waals surface area (Å²) in [7, 11) is 1.71. The monoisotopic (exact) mass is 358 g/mol. The van der Waals surface area contributed by atoms with Crippen molar-refractivity contribution in [3.05, 3.63) is 29.8 Å². The van der Waals surface area contributed by atoms with Gasteiger partial charge in [0.15, 0.2) is 0 Å². The Kier molecular flexibility index (Phi) is 5.18. The predicted molar refractivity (Wildman–Crippen MR) is 100 cm³/mol. The average Bonchev–Trinajstić information content (AvgIpc) is 3.34. The number of carbonyl (C=O) groups excluding carboxylic acids is 1. The van der Waals surface area contributed by atoms with Crippen molar-refractivity contribution in [3.8, 4) is 5.75 Å². The quantitative estimate of drug-likeness (QED) is 0.830. The number of carbonyl (C=O) groups is 1. The van der Waals surface area contributed by atoms with Crippen LogP contribution in [0.5, 0.6) is 5.75 Å². The van der Waals surface area contributed by atoms with Crippen LogP contribution in [0.1, 0.15) is 44.1 Å². The lowest BCUT2D eigenvalue weighted by atomic mass is 9.88. The van der Waals surface area contributed by atoms with Gasteiger partial charge in [-0.2, -0.15) is 0 Å². The molecule has 1 spiro atoms. The Hall–Kier alpha value is -1.59. The molecule has 0 saturated carbocycles. The summed E-state index contributed by atoms with van der Waals surface area (Å²) in [5.74, 6) is 1.15. The fraction of sp³-hybridized carbons (Fsp3) is 0.667. The van der Waals surface area contributed by atoms with Crippen molar-refractivity contribution in [3.63, 3.8) is 0 Å². The van der Waals surface area contributed by atoms with E-state index in [4.69, 9.17) is 9.47 Å². The molecule has 142 valence electrons. The molecular formula is C21H30N2O3. The zero-order valence-corrected chi connectivity index (χ0v) is 15.8. The van der Waals surface area contributed by atoms with Gasteiger partial charge in [-0.3, -0.25) is 9.69 Å². The third-order valence-corrected chi connectivity index (χ3v) is 6.26. The summed E-state index contributed by atoms with van der Waals surface area (Å²) in [5.41, 5.74) is 1.22. The van der Waals surface area contributed by atoms with Gasteiger partial charge in [0.05, 0.1) is 12.7 Å². The van der Waals surface area contributed by atoms with Crippen LogP contribution in [-0.2, 0) is 16.1 Å². The molecule has 3 saturated heterocycles. The summed E-state index contributed by atoms with van der Waals surface area (Å²) >= 11 is 0. The lowest BCUT2D eigenvalue weighted by Crippen LogP contribution is -2.45. The van der Waals surface area contributed by atoms with E-state index in [1.54, 1.807) is 7.11 Å². The van der Waals surface area contributed by atoms with Gasteiger partial charge in [0, 0.05) is 32.7 Å². The van der Waals surface area contributed by atoms with E-state index in [1.807, 2.05) is 17.0 Å². The van der Waals surface area contributed by atoms with E-state index in [2.05, 4.69) is 17.0 Å². The van der Waals surface area contributed by atoms with Crippen LogP contribution in [0.25, 0.3) is 0 Å². The molecule has 26 heavy (non-hydrogen) atoms. The Bertz CT molecular complexity index is 634. The van der Waals surface area contributed by atoms with Crippen LogP contribution >= 0.6 is 0 Å². The second kappa shape index (κ2) is 7.57. The van der Waals surface area contributed by atoms with Crippen LogP contribution in [0.4, 0.5) is 0 Å². The largest absolute Gasteiger partial charge is 0.497 e. The maximum atomic E-state index is 12.6. The highest BCUT2D eigenvalue weighted by molar-refractivity contribution is 5.81. The molecule has 4 rings (SSSR count). The first kappa shape index (κ1) is 17.8. The van der Waals surface area contributed by atoms with Crippen LogP contribution in [0, 0.1) is 0 Å². The van der Waals surface area contributed by atoms with E-state index in [1.165, 1.54) is 5.56 Å². The Labute approximate surface area is 156 Å². The van der Waals surface area contributed by atoms with Gasteiger partial charge in [0.2, 0.25) is 0 Å². The molecule has 3 heterocycles. The Morgan fingerprint density at radius 2 is 1.96 bits per heavy atom. The van der Waals surface area contributed by atoms with E-state index in [-0.39, 0.29) is 17.6 Å². The standard InChI is InChI=1S/C21H30N2O3/c1-25-18-6-4-5-17(15-18)16-22-13-9-21(10-14-22)8-7-19(26-21)20(24)23-11-2-3-12-23/h4-6,15,19H,2-3,7-14,16H2,1H3/t19-/m0/s1. The van der Waals surface area contributed by atoms with Crippen molar-refractivity contribution < 1.29 is 14.3 Å². The number of piperidine rings is 1. The minimum atomic E-state index is -0.196. The second-order valence-electron chi connectivity index (χ2n) is 7.99. The molecule has 5 nitrogen and oxygen atoms in total. The maximum Gasteiger partial charge on any atom is 0.251 e. The van der Waals surface area contributed by atoms with Gasteiger partial charge in [-0.15, -0.1) is 0 Å². The van der Waals surface area contributed by atoms with Gasteiger partial charge < -0.3 is 14.4 Å². The first-order chi connectivity index (χ1) is 12.7. The lowest BCUT2D eigenvalue weighted by Gasteiger charge is -2.39. The highest BCUT2D eigenvalue weighted by atomic mass is 16.5. The zero-order chi connectivity index (χ0) is 18.0. The molecule has 0 aromatic heterocycles. The number of hydrogen-bond acceptors (Lipinski definition) is 4. The molecule has 0 aliphatic carbocycles. The van der Waals surface area contributed by atoms with Crippen LogP contribution in [0.3, 0.4) is 0 Å². The number of benzene rings is 1. The van der Waals surface area contributed by atoms with Gasteiger partial charge in [0.1, 0.15) is 11.9 Å². The maximum absolute atomic E-state index is 12.6. The minimum absolute atomic E-state index is 0.0646. The molecule has 5 heteroatoms. The topological polar surface area (TPSA) is 42.0 Å². The van der Waals surface area contributed by atoms with Crippen molar-refractivity contribution in [1.82, 2.24) is 9.80 Å². The Balaban J connectivity index is 1.30. The van der Waals surface area contributed by atoms with Crippen LogP contribution in [-0.4, -0.2) is 60.7 Å². The van der Waals surface area contributed by atoms with E-state index >= 15 is 0 Å². The van der Waals surface area contributed by atoms with Crippen LogP contribution in [0.15, 0.2) is 24.3 Å². The first-order valence-corrected chi connectivity index (χ1v) is 9.99. The van der Waals surface area contributed by atoms with Crippen molar-refractivity contribution >= 4 is 5.91 Å². The SMILES string of the molecule is COc1cccc(CN2CCC3(CC[C@@H](C(=O)N4CCCC4)O3)CC2)c1. The molecule has 1 aromatic carbocycles. The number of rotatable bonds is 4. The minimum Gasteiger partial charge on any atom is -0.497 e. The van der Waals surface area contributed by atoms with Gasteiger partial charge in [-0.1, -0.05) is 12.1 Å². The summed E-state index contributed by atoms with van der Waals surface area (Å²) in [6, 6.07) is 8.30. The molecule has 0 radical (unpaired) electrons. The molecule has 1 amide bonds. The highest BCUT2D eigenvalue weighted by Crippen LogP contribution is 2.40. The van der Waals surface area contributed by atoms with Gasteiger partial charge in [-0.25, -0.2) is 0 Å². The van der Waals surface area contributed by atoms with E-state index in [0.717, 1.165) is 77.0 Å². The summed E-state index contributed by atoms with van der Waals surface area (Å²) in [6.07, 6.45) is 6.07. The summed E-state index contributed by atoms with van der Waals surface area (Å²) < 4.78 is 11.7. The summed E-state index contributed by atoms with van der Waals surface area (Å²) in [6.45, 7) is 4.84. The van der Waals surface area contributed by atoms with E-state index in [0.29, 0.717) is 0 Å². The zero-order valence-electron chi connectivity index (χ0n) is 15.8. The number of amides is 1. The lowest BCUT2D eigenvalue weighted by molar-refractivity contribution is -0.150. The van der Waals surface area contributed by atoms with Crippen LogP contribution in [0.2, 0.25) is 0 Å². The number of ether oxygens (including phenoxy) is 2. The first-order valence-electron chi connectivity index (χ1n) is 9.99. The molecule has 3 fully saturated rings. The van der Waals surface area contributed by atoms with Gasteiger partial charge >= 0.3 is 0 Å². The predicted octanol–water partition coefficient (Wildman–Crippen LogP) is 2.83. The van der Waals surface area contributed by atoms with Crippen molar-refractivity contribution in [2.75, 3.05) is 33.3 Å². The number of methoxy groups -OCH3 is 1. The summed E-state index contributed by atoms with van der Waals surface area (Å²) in [5, 5.41) is 0. The molecule has 1 aromatic rings. The average molecular weight is 358 g/mol. The van der Waals surface area contributed by atoms with E-state index in [9.17, 15) is 4.79 Å². The normalized spacial score (nSPS) is 25.7. The third-order valence-electron chi connectivity index (χ3n) is 6.26. The van der Waals surface area contributed by atoms with Crippen molar-refractivity contribution in [2.45, 2.75) is 56.8 Å². The Morgan fingerprint density at radius 3 is 2.69 bits per heavy atom. The molecular weight excluding hydrogens is 328 g/mol. The number of hydrogen-bond donors (Lipinski definition) is 0. The fourth-order valence-electron chi connectivity index (χ4n) is 4.64. The molecule has 3 aliphatic heterocycles. The number of nitrogens with zero attached hydrogens (tertiary/aromatic N) is 2. The number of likely N-dealkylation sites (tertiary alicyclic amines) is 2. The van der Waals surface area contributed by atoms with Gasteiger partial charge in [0.25, 0.3) is 5.91 Å². The summed E-state index contributed by atoms with van der Waals surface area (Å²) in [4.78, 5) is 17.1. The van der Waals surface area contributed by atoms with Gasteiger partial charge in [-0.05, 0) is 56.2 Å². The fourth-order valence-corrected chi connectivity index (χ4v) is 4.64. The van der Waals surface area contributed by atoms with E-state index < -0.39 is 0 Å². The molecule has 0 bridgehead atoms. The third kappa shape index (κ3) is 3.74. The molecule has 0 unspecified atom stereocenters. The van der Waals surface area contributed by atoms with Crippen LogP contribution < -0.4 is 4.74 Å². The highest BCUT2D eigenvalue weighted by Gasteiger charge is 2.45. The van der Waals surface area contributed by atoms with Crippen molar-refractivity contribution in [2.24, 2.45) is 0 Å². The second-order valence-corrected chi connectivity index (χ2v) is 7.99. The molecule has 1 atom stereocenters. The van der Waals surface area contributed by atoms with Crippen molar-refractivity contribution in [1.29, 1.82) is 0 Å². The Morgan fingerprint density at radius 1 is 1.19 bits per heavy atom.